The molecule has 1 aromatic rings. The van der Waals surface area contributed by atoms with Gasteiger partial charge in [-0.15, -0.1) is 24.0 Å². The van der Waals surface area contributed by atoms with Gasteiger partial charge in [-0.2, -0.15) is 0 Å². The van der Waals surface area contributed by atoms with Crippen molar-refractivity contribution < 1.29 is 4.74 Å². The first-order valence-electron chi connectivity index (χ1n) is 7.56. The van der Waals surface area contributed by atoms with Crippen LogP contribution in [0.2, 0.25) is 0 Å². The molecule has 0 aliphatic heterocycles. The van der Waals surface area contributed by atoms with E-state index in [1.165, 1.54) is 11.1 Å². The summed E-state index contributed by atoms with van der Waals surface area (Å²) < 4.78 is 5.03. The zero-order valence-electron chi connectivity index (χ0n) is 14.4. The van der Waals surface area contributed by atoms with Crippen molar-refractivity contribution in [2.45, 2.75) is 32.6 Å². The predicted octanol–water partition coefficient (Wildman–Crippen LogP) is 2.96. The summed E-state index contributed by atoms with van der Waals surface area (Å²) >= 11 is 0. The van der Waals surface area contributed by atoms with Crippen molar-refractivity contribution in [2.24, 2.45) is 4.99 Å². The van der Waals surface area contributed by atoms with Crippen molar-refractivity contribution >= 4 is 29.9 Å². The lowest BCUT2D eigenvalue weighted by atomic mass is 9.84. The summed E-state index contributed by atoms with van der Waals surface area (Å²) in [6.45, 7) is 8.90. The second-order valence-electron chi connectivity index (χ2n) is 5.78. The third-order valence-corrected chi connectivity index (χ3v) is 3.66. The van der Waals surface area contributed by atoms with Gasteiger partial charge in [-0.05, 0) is 17.5 Å². The number of benzene rings is 1. The summed E-state index contributed by atoms with van der Waals surface area (Å²) in [6, 6.07) is 8.87. The molecule has 0 heterocycles. The fraction of sp³-hybridized carbons (Fsp3) is 0.588. The van der Waals surface area contributed by atoms with Gasteiger partial charge in [0.2, 0.25) is 0 Å². The quantitative estimate of drug-likeness (QED) is 0.309. The van der Waals surface area contributed by atoms with Crippen molar-refractivity contribution in [1.82, 2.24) is 10.6 Å². The molecule has 0 fully saturated rings. The maximum absolute atomic E-state index is 5.03. The SMILES string of the molecule is CCc1ccc(C(C)(C)CNC(=NC)NCCOC)cc1.I. The molecule has 0 atom stereocenters. The molecule has 0 saturated heterocycles. The van der Waals surface area contributed by atoms with E-state index in [9.17, 15) is 0 Å². The Bertz CT molecular complexity index is 444. The van der Waals surface area contributed by atoms with Crippen LogP contribution in [-0.4, -0.2) is 39.8 Å². The van der Waals surface area contributed by atoms with Crippen molar-refractivity contribution in [1.29, 1.82) is 0 Å². The maximum atomic E-state index is 5.03. The molecule has 0 spiro atoms. The van der Waals surface area contributed by atoms with Crippen LogP contribution < -0.4 is 10.6 Å². The number of aryl methyl sites for hydroxylation is 1. The van der Waals surface area contributed by atoms with Gasteiger partial charge in [0, 0.05) is 32.7 Å². The number of aliphatic imine (C=N–C) groups is 1. The van der Waals surface area contributed by atoms with Crippen LogP contribution in [-0.2, 0) is 16.6 Å². The van der Waals surface area contributed by atoms with E-state index in [0.29, 0.717) is 6.61 Å². The molecule has 0 aliphatic rings. The second-order valence-corrected chi connectivity index (χ2v) is 5.78. The van der Waals surface area contributed by atoms with Gasteiger partial charge in [0.05, 0.1) is 6.61 Å². The van der Waals surface area contributed by atoms with Gasteiger partial charge in [-0.25, -0.2) is 0 Å². The molecule has 22 heavy (non-hydrogen) atoms. The number of nitrogens with one attached hydrogen (secondary N) is 2. The lowest BCUT2D eigenvalue weighted by Gasteiger charge is -2.27. The highest BCUT2D eigenvalue weighted by atomic mass is 127. The van der Waals surface area contributed by atoms with Gasteiger partial charge in [0.25, 0.3) is 0 Å². The Balaban J connectivity index is 0.00000441. The van der Waals surface area contributed by atoms with Gasteiger partial charge in [-0.1, -0.05) is 45.0 Å². The molecule has 0 aliphatic carbocycles. The van der Waals surface area contributed by atoms with Crippen LogP contribution in [0.1, 0.15) is 31.9 Å². The molecule has 1 rings (SSSR count). The highest BCUT2D eigenvalue weighted by Gasteiger charge is 2.20. The average Bonchev–Trinajstić information content (AvgIpc) is 2.50. The van der Waals surface area contributed by atoms with Crippen LogP contribution >= 0.6 is 24.0 Å². The first-order chi connectivity index (χ1) is 10.0. The number of nitrogens with zero attached hydrogens (tertiary/aromatic N) is 1. The summed E-state index contributed by atoms with van der Waals surface area (Å²) in [5, 5.41) is 6.61. The molecular weight excluding hydrogens is 389 g/mol. The van der Waals surface area contributed by atoms with Crippen LogP contribution in [0.4, 0.5) is 0 Å². The van der Waals surface area contributed by atoms with Crippen LogP contribution in [0.5, 0.6) is 0 Å². The Kier molecular flexibility index (Phi) is 10.4. The van der Waals surface area contributed by atoms with Crippen LogP contribution in [0, 0.1) is 0 Å². The fourth-order valence-corrected chi connectivity index (χ4v) is 2.09. The van der Waals surface area contributed by atoms with Crippen molar-refractivity contribution in [3.8, 4) is 0 Å². The van der Waals surface area contributed by atoms with Crippen molar-refractivity contribution in [3.63, 3.8) is 0 Å². The van der Waals surface area contributed by atoms with E-state index in [4.69, 9.17) is 4.74 Å². The maximum Gasteiger partial charge on any atom is 0.191 e. The molecule has 0 radical (unpaired) electrons. The lowest BCUT2D eigenvalue weighted by Crippen LogP contribution is -2.44. The number of rotatable bonds is 7. The van der Waals surface area contributed by atoms with E-state index in [2.05, 4.69) is 60.7 Å². The highest BCUT2D eigenvalue weighted by molar-refractivity contribution is 14.0. The minimum Gasteiger partial charge on any atom is -0.383 e. The molecule has 0 aromatic heterocycles. The molecule has 126 valence electrons. The first kappa shape index (κ1) is 21.2. The lowest BCUT2D eigenvalue weighted by molar-refractivity contribution is 0.203. The van der Waals surface area contributed by atoms with Gasteiger partial charge in [0.15, 0.2) is 5.96 Å². The van der Waals surface area contributed by atoms with Gasteiger partial charge >= 0.3 is 0 Å². The summed E-state index contributed by atoms with van der Waals surface area (Å²) in [5.74, 6) is 0.810. The van der Waals surface area contributed by atoms with E-state index in [1.807, 2.05) is 0 Å². The van der Waals surface area contributed by atoms with Crippen molar-refractivity contribution in [2.75, 3.05) is 33.9 Å². The normalized spacial score (nSPS) is 11.8. The Labute approximate surface area is 152 Å². The number of methoxy groups -OCH3 is 1. The molecule has 1 aromatic carbocycles. The summed E-state index contributed by atoms with van der Waals surface area (Å²) in [7, 11) is 3.48. The van der Waals surface area contributed by atoms with Crippen LogP contribution in [0.15, 0.2) is 29.3 Å². The topological polar surface area (TPSA) is 45.7 Å². The zero-order chi connectivity index (χ0) is 15.7. The Hall–Kier alpha value is -0.820. The molecule has 0 bridgehead atoms. The molecule has 0 amide bonds. The standard InChI is InChI=1S/C17H29N3O.HI/c1-6-14-7-9-15(10-8-14)17(2,3)13-20-16(18-4)19-11-12-21-5;/h7-10H,6,11-13H2,1-5H3,(H2,18,19,20);1H. The molecule has 5 heteroatoms. The highest BCUT2D eigenvalue weighted by Crippen LogP contribution is 2.22. The Morgan fingerprint density at radius 2 is 1.82 bits per heavy atom. The smallest absolute Gasteiger partial charge is 0.191 e. The van der Waals surface area contributed by atoms with Crippen molar-refractivity contribution in [3.05, 3.63) is 35.4 Å². The summed E-state index contributed by atoms with van der Waals surface area (Å²) in [6.07, 6.45) is 1.08. The molecule has 0 saturated carbocycles. The molecule has 2 N–H and O–H groups in total. The fourth-order valence-electron chi connectivity index (χ4n) is 2.09. The number of hydrogen-bond donors (Lipinski definition) is 2. The van der Waals surface area contributed by atoms with Crippen LogP contribution in [0.3, 0.4) is 0 Å². The molecule has 4 nitrogen and oxygen atoms in total. The van der Waals surface area contributed by atoms with E-state index in [1.54, 1.807) is 14.2 Å². The number of ether oxygens (including phenoxy) is 1. The number of guanidine groups is 1. The van der Waals surface area contributed by atoms with E-state index >= 15 is 0 Å². The second kappa shape index (κ2) is 10.8. The zero-order valence-corrected chi connectivity index (χ0v) is 16.7. The van der Waals surface area contributed by atoms with Gasteiger partial charge in [0.1, 0.15) is 0 Å². The largest absolute Gasteiger partial charge is 0.383 e. The summed E-state index contributed by atoms with van der Waals surface area (Å²) in [4.78, 5) is 4.22. The molecule has 0 unspecified atom stereocenters. The van der Waals surface area contributed by atoms with E-state index in [0.717, 1.165) is 25.5 Å². The van der Waals surface area contributed by atoms with E-state index in [-0.39, 0.29) is 29.4 Å². The third-order valence-electron chi connectivity index (χ3n) is 3.66. The molecular formula is C17H30IN3O. The van der Waals surface area contributed by atoms with Gasteiger partial charge in [-0.3, -0.25) is 4.99 Å². The third kappa shape index (κ3) is 6.96. The number of hydrogen-bond acceptors (Lipinski definition) is 2. The van der Waals surface area contributed by atoms with Crippen LogP contribution in [0.25, 0.3) is 0 Å². The van der Waals surface area contributed by atoms with Gasteiger partial charge < -0.3 is 15.4 Å². The van der Waals surface area contributed by atoms with E-state index < -0.39 is 0 Å². The monoisotopic (exact) mass is 419 g/mol. The summed E-state index contributed by atoms with van der Waals surface area (Å²) in [5.41, 5.74) is 2.75. The number of halogens is 1. The predicted molar refractivity (Wildman–Crippen MR) is 106 cm³/mol. The Morgan fingerprint density at radius 1 is 1.18 bits per heavy atom. The minimum absolute atomic E-state index is 0. The first-order valence-corrected chi connectivity index (χ1v) is 7.56. The Morgan fingerprint density at radius 3 is 2.32 bits per heavy atom. The average molecular weight is 419 g/mol. The minimum atomic E-state index is 0.